The zero-order valence-electron chi connectivity index (χ0n) is 34.5. The maximum atomic E-state index is 5.16. The van der Waals surface area contributed by atoms with Crippen molar-refractivity contribution in [3.63, 3.8) is 0 Å². The molecule has 1 heterocycles. The molecule has 2 spiro atoms. The molecule has 3 fully saturated rings. The van der Waals surface area contributed by atoms with Crippen LogP contribution in [0.5, 0.6) is 0 Å². The minimum Gasteiger partial charge on any atom is -0.228 e. The van der Waals surface area contributed by atoms with E-state index in [9.17, 15) is 0 Å². The lowest BCUT2D eigenvalue weighted by Gasteiger charge is -2.43. The number of allylic oxidation sites excluding steroid dienone is 8. The van der Waals surface area contributed by atoms with Crippen molar-refractivity contribution in [1.29, 1.82) is 0 Å². The first-order chi connectivity index (χ1) is 29.7. The summed E-state index contributed by atoms with van der Waals surface area (Å²) in [6.45, 7) is 0. The molecular formula is C58H52N2. The Bertz CT molecular complexity index is 2730. The third-order valence-corrected chi connectivity index (χ3v) is 15.4. The highest BCUT2D eigenvalue weighted by atomic mass is 14.9. The van der Waals surface area contributed by atoms with Crippen LogP contribution in [0.15, 0.2) is 174 Å². The number of nitrogens with zero attached hydrogens (tertiary/aromatic N) is 2. The van der Waals surface area contributed by atoms with E-state index in [0.29, 0.717) is 17.3 Å². The van der Waals surface area contributed by atoms with Crippen LogP contribution < -0.4 is 0 Å². The van der Waals surface area contributed by atoms with Gasteiger partial charge in [0.25, 0.3) is 0 Å². The van der Waals surface area contributed by atoms with Crippen LogP contribution in [-0.2, 0) is 5.41 Å². The van der Waals surface area contributed by atoms with E-state index in [4.69, 9.17) is 9.97 Å². The van der Waals surface area contributed by atoms with Gasteiger partial charge in [-0.1, -0.05) is 184 Å². The Kier molecular flexibility index (Phi) is 8.65. The first-order valence-corrected chi connectivity index (χ1v) is 22.9. The number of fused-ring (bicyclic) bond motifs is 10. The van der Waals surface area contributed by atoms with Gasteiger partial charge in [-0.3, -0.25) is 0 Å². The zero-order valence-corrected chi connectivity index (χ0v) is 34.5. The highest BCUT2D eigenvalue weighted by molar-refractivity contribution is 5.93. The van der Waals surface area contributed by atoms with Gasteiger partial charge in [-0.25, -0.2) is 9.97 Å². The quantitative estimate of drug-likeness (QED) is 0.174. The van der Waals surface area contributed by atoms with E-state index in [1.165, 1.54) is 105 Å². The van der Waals surface area contributed by atoms with Gasteiger partial charge < -0.3 is 0 Å². The van der Waals surface area contributed by atoms with Gasteiger partial charge in [-0.15, -0.1) is 0 Å². The summed E-state index contributed by atoms with van der Waals surface area (Å²) in [6.07, 6.45) is 26.9. The first kappa shape index (κ1) is 36.0. The second kappa shape index (κ2) is 14.4. The maximum absolute atomic E-state index is 5.16. The molecule has 294 valence electrons. The van der Waals surface area contributed by atoms with Gasteiger partial charge in [0, 0.05) is 33.4 Å². The fraction of sp³-hybridized carbons (Fsp3) is 0.276. The average molecular weight is 777 g/mol. The van der Waals surface area contributed by atoms with Crippen LogP contribution in [0.25, 0.3) is 61.7 Å². The van der Waals surface area contributed by atoms with Crippen LogP contribution >= 0.6 is 0 Å². The van der Waals surface area contributed by atoms with Crippen molar-refractivity contribution < 1.29 is 0 Å². The molecule has 60 heavy (non-hydrogen) atoms. The van der Waals surface area contributed by atoms with Crippen molar-refractivity contribution in [1.82, 2.24) is 9.97 Å². The molecule has 2 unspecified atom stereocenters. The van der Waals surface area contributed by atoms with Crippen LogP contribution in [0, 0.1) is 17.3 Å². The van der Waals surface area contributed by atoms with Crippen LogP contribution in [0.2, 0.25) is 0 Å². The molecule has 0 saturated heterocycles. The average Bonchev–Trinajstić information content (AvgIpc) is 3.73. The molecule has 1 aromatic heterocycles. The Morgan fingerprint density at radius 2 is 1.00 bits per heavy atom. The molecule has 6 aromatic rings. The minimum absolute atomic E-state index is 0.169. The summed E-state index contributed by atoms with van der Waals surface area (Å²) in [6, 6.07) is 48.4. The lowest BCUT2D eigenvalue weighted by atomic mass is 9.60. The van der Waals surface area contributed by atoms with Crippen LogP contribution in [-0.4, -0.2) is 9.97 Å². The van der Waals surface area contributed by atoms with Gasteiger partial charge >= 0.3 is 0 Å². The summed E-state index contributed by atoms with van der Waals surface area (Å²) >= 11 is 0. The van der Waals surface area contributed by atoms with Crippen LogP contribution in [0.3, 0.4) is 0 Å². The molecule has 0 bridgehead atoms. The van der Waals surface area contributed by atoms with Gasteiger partial charge in [-0.2, -0.15) is 0 Å². The van der Waals surface area contributed by atoms with Gasteiger partial charge in [0.15, 0.2) is 5.82 Å². The fourth-order valence-electron chi connectivity index (χ4n) is 12.6. The summed E-state index contributed by atoms with van der Waals surface area (Å²) < 4.78 is 0. The van der Waals surface area contributed by atoms with Crippen molar-refractivity contribution in [2.45, 2.75) is 82.5 Å². The second-order valence-electron chi connectivity index (χ2n) is 18.5. The molecule has 0 N–H and O–H groups in total. The Morgan fingerprint density at radius 1 is 0.450 bits per heavy atom. The monoisotopic (exact) mass is 776 g/mol. The first-order valence-electron chi connectivity index (χ1n) is 22.9. The topological polar surface area (TPSA) is 25.8 Å². The highest BCUT2D eigenvalue weighted by Crippen LogP contribution is 2.68. The number of rotatable bonds is 5. The van der Waals surface area contributed by atoms with Crippen LogP contribution in [0.1, 0.15) is 88.2 Å². The van der Waals surface area contributed by atoms with E-state index < -0.39 is 0 Å². The standard InChI is InChI=1S/C58H52N2/c1-5-15-39(16-6-1)40-21-25-42(26-22-40)54-38-55(60-56(59-54)44-17-7-2-8-18-44)43-27-23-41(24-28-43)45-29-30-51-47(35-45)49-36-48-46-19-9-10-20-50(46)57(31-11-3-12-32-57)52(48)37-53(49)58(51)33-13-4-14-34-58/h1-2,5-8,15-30,35-38,48,52H,3-4,9-14,31-34H2. The largest absolute Gasteiger partial charge is 0.228 e. The number of aromatic nitrogens is 2. The predicted octanol–water partition coefficient (Wildman–Crippen LogP) is 15.2. The lowest BCUT2D eigenvalue weighted by molar-refractivity contribution is 0.182. The SMILES string of the molecule is C1=C2C(=CC3C1C1=CCCC=C1C31CCCCC1)C1(CCCCC1)c1ccc(-c3ccc(-c4cc(-c5ccc(-c6ccccc6)cc5)nc(-c5ccccc5)n4)cc3)cc12. The Morgan fingerprint density at radius 3 is 1.67 bits per heavy atom. The summed E-state index contributed by atoms with van der Waals surface area (Å²) in [4.78, 5) is 10.3. The van der Waals surface area contributed by atoms with Crippen molar-refractivity contribution in [2.75, 3.05) is 0 Å². The number of benzene rings is 5. The van der Waals surface area contributed by atoms with Crippen LogP contribution in [0.4, 0.5) is 0 Å². The van der Waals surface area contributed by atoms with Gasteiger partial charge in [0.05, 0.1) is 11.4 Å². The van der Waals surface area contributed by atoms with E-state index in [1.54, 1.807) is 27.9 Å². The molecule has 3 saturated carbocycles. The van der Waals surface area contributed by atoms with Gasteiger partial charge in [-0.05, 0) is 112 Å². The van der Waals surface area contributed by atoms with Crippen molar-refractivity contribution in [3.05, 3.63) is 186 Å². The smallest absolute Gasteiger partial charge is 0.160 e. The predicted molar refractivity (Wildman–Crippen MR) is 248 cm³/mol. The third-order valence-electron chi connectivity index (χ3n) is 15.4. The number of hydrogen-bond donors (Lipinski definition) is 0. The molecule has 5 aromatic carbocycles. The Labute approximate surface area is 355 Å². The van der Waals surface area contributed by atoms with Crippen molar-refractivity contribution in [3.8, 4) is 56.2 Å². The molecule has 2 heteroatoms. The summed E-state index contributed by atoms with van der Waals surface area (Å²) in [5.41, 5.74) is 20.3. The van der Waals surface area contributed by atoms with Crippen molar-refractivity contribution in [2.24, 2.45) is 17.3 Å². The molecular weight excluding hydrogens is 725 g/mol. The summed E-state index contributed by atoms with van der Waals surface area (Å²) in [5, 5.41) is 0. The van der Waals surface area contributed by atoms with E-state index in [0.717, 1.165) is 33.9 Å². The highest BCUT2D eigenvalue weighted by Gasteiger charge is 2.57. The molecule has 6 aliphatic carbocycles. The van der Waals surface area contributed by atoms with Gasteiger partial charge in [0.1, 0.15) is 0 Å². The molecule has 2 atom stereocenters. The summed E-state index contributed by atoms with van der Waals surface area (Å²) in [7, 11) is 0. The lowest BCUT2D eigenvalue weighted by Crippen LogP contribution is -2.34. The Hall–Kier alpha value is -5.86. The molecule has 0 amide bonds. The molecule has 0 radical (unpaired) electrons. The minimum atomic E-state index is 0.169. The third kappa shape index (κ3) is 5.74. The maximum Gasteiger partial charge on any atom is 0.160 e. The second-order valence-corrected chi connectivity index (χ2v) is 18.5. The van der Waals surface area contributed by atoms with E-state index >= 15 is 0 Å². The van der Waals surface area contributed by atoms with E-state index in [-0.39, 0.29) is 5.41 Å². The molecule has 12 rings (SSSR count). The molecule has 6 aliphatic rings. The van der Waals surface area contributed by atoms with E-state index in [2.05, 4.69) is 152 Å². The molecule has 0 aliphatic heterocycles. The summed E-state index contributed by atoms with van der Waals surface area (Å²) in [5.74, 6) is 1.87. The normalized spacial score (nSPS) is 21.9. The molecule has 2 nitrogen and oxygen atoms in total. The van der Waals surface area contributed by atoms with E-state index in [1.807, 2.05) is 6.07 Å². The zero-order chi connectivity index (χ0) is 39.7. The van der Waals surface area contributed by atoms with Crippen molar-refractivity contribution >= 4 is 5.57 Å². The van der Waals surface area contributed by atoms with Gasteiger partial charge in [0.2, 0.25) is 0 Å². The Balaban J connectivity index is 0.911. The fourth-order valence-corrected chi connectivity index (χ4v) is 12.6. The number of hydrogen-bond acceptors (Lipinski definition) is 2.